The van der Waals surface area contributed by atoms with Gasteiger partial charge in [0.15, 0.2) is 0 Å². The summed E-state index contributed by atoms with van der Waals surface area (Å²) in [5.41, 5.74) is 23.3. The summed E-state index contributed by atoms with van der Waals surface area (Å²) in [5.74, 6) is 0. The summed E-state index contributed by atoms with van der Waals surface area (Å²) in [5, 5.41) is 0. The van der Waals surface area contributed by atoms with Gasteiger partial charge < -0.3 is 5.53 Å². The number of benzene rings is 2. The Bertz CT molecular complexity index is 1210. The van der Waals surface area contributed by atoms with Crippen LogP contribution in [-0.4, -0.2) is 4.70 Å². The normalized spacial score (nSPS) is 13.3. The number of rotatable bonds is 23. The van der Waals surface area contributed by atoms with Crippen LogP contribution in [0.25, 0.3) is 16.9 Å². The van der Waals surface area contributed by atoms with E-state index in [2.05, 4.69) is 77.1 Å². The molecule has 3 rings (SSSR count). The Morgan fingerprint density at radius 2 is 0.818 bits per heavy atom. The molecule has 1 heterocycles. The standard InChI is InChI=1S/C42H64N2/c1-6-11-16-18-20-24-36-27-34(22-13-8-3)29-39(30-36)41-33-38(26-15-10-5)42(44(41)43)40-31-35(23-14-9-4)28-37(32-40)25-21-19-17-12-7-2/h27-33H,6-26H2,1-5H3. The van der Waals surface area contributed by atoms with Crippen molar-refractivity contribution in [2.45, 2.75) is 169 Å². The molecule has 2 nitrogen and oxygen atoms in total. The molecule has 0 saturated heterocycles. The van der Waals surface area contributed by atoms with E-state index in [9.17, 15) is 5.53 Å². The van der Waals surface area contributed by atoms with Gasteiger partial charge in [0.1, 0.15) is 0 Å². The van der Waals surface area contributed by atoms with Gasteiger partial charge in [-0.3, -0.25) is 0 Å². The van der Waals surface area contributed by atoms with Crippen LogP contribution in [-0.2, 0) is 25.7 Å². The SMILES string of the molecule is CCCCCCCc1cc(CCCC)cc(C2=CC(CCCC)=C(c3cc(CCCC)cc(CCCCCCC)c3)[N+]2=[N-])c1. The molecule has 0 fully saturated rings. The summed E-state index contributed by atoms with van der Waals surface area (Å²) < 4.78 is 1.55. The summed E-state index contributed by atoms with van der Waals surface area (Å²) in [7, 11) is 0. The van der Waals surface area contributed by atoms with Gasteiger partial charge in [0.25, 0.3) is 0 Å². The molecule has 2 aromatic carbocycles. The molecule has 0 aromatic heterocycles. The molecule has 0 unspecified atom stereocenters. The summed E-state index contributed by atoms with van der Waals surface area (Å²) in [6.45, 7) is 11.4. The zero-order valence-electron chi connectivity index (χ0n) is 29.3. The second kappa shape index (κ2) is 20.5. The lowest BCUT2D eigenvalue weighted by Gasteiger charge is -2.15. The van der Waals surface area contributed by atoms with Crippen LogP contribution < -0.4 is 0 Å². The third kappa shape index (κ3) is 11.5. The molecule has 1 aliphatic rings. The van der Waals surface area contributed by atoms with Crippen molar-refractivity contribution in [1.82, 2.24) is 0 Å². The van der Waals surface area contributed by atoms with Gasteiger partial charge in [-0.15, -0.1) is 0 Å². The minimum Gasteiger partial charge on any atom is -0.493 e. The second-order valence-electron chi connectivity index (χ2n) is 13.4. The Kier molecular flexibility index (Phi) is 16.8. The molecule has 0 spiro atoms. The number of hydrogen-bond acceptors (Lipinski definition) is 0. The average Bonchev–Trinajstić information content (AvgIpc) is 3.37. The van der Waals surface area contributed by atoms with Crippen LogP contribution >= 0.6 is 0 Å². The average molecular weight is 597 g/mol. The van der Waals surface area contributed by atoms with Crippen LogP contribution in [0.1, 0.15) is 177 Å². The monoisotopic (exact) mass is 597 g/mol. The van der Waals surface area contributed by atoms with Crippen LogP contribution in [0.4, 0.5) is 0 Å². The lowest BCUT2D eigenvalue weighted by molar-refractivity contribution is -0.344. The quantitative estimate of drug-likeness (QED) is 0.0900. The zero-order valence-corrected chi connectivity index (χ0v) is 29.3. The van der Waals surface area contributed by atoms with Gasteiger partial charge in [-0.2, -0.15) is 0 Å². The smallest absolute Gasteiger partial charge is 0.210 e. The van der Waals surface area contributed by atoms with Crippen molar-refractivity contribution in [1.29, 1.82) is 0 Å². The molecule has 0 amide bonds. The highest BCUT2D eigenvalue weighted by molar-refractivity contribution is 5.79. The number of nitrogens with zero attached hydrogens (tertiary/aromatic N) is 2. The first kappa shape index (κ1) is 36.0. The maximum Gasteiger partial charge on any atom is 0.210 e. The van der Waals surface area contributed by atoms with E-state index in [4.69, 9.17) is 0 Å². The number of aryl methyl sites for hydroxylation is 4. The van der Waals surface area contributed by atoms with Gasteiger partial charge in [-0.1, -0.05) is 117 Å². The number of allylic oxidation sites excluding steroid dienone is 2. The van der Waals surface area contributed by atoms with Crippen LogP contribution in [0.5, 0.6) is 0 Å². The van der Waals surface area contributed by atoms with Crippen LogP contribution in [0.3, 0.4) is 0 Å². The van der Waals surface area contributed by atoms with Gasteiger partial charge >= 0.3 is 0 Å². The first-order valence-electron chi connectivity index (χ1n) is 18.7. The molecule has 2 heteroatoms. The van der Waals surface area contributed by atoms with Crippen molar-refractivity contribution < 1.29 is 4.70 Å². The molecule has 0 atom stereocenters. The number of unbranched alkanes of at least 4 members (excludes halogenated alkanes) is 11. The Morgan fingerprint density at radius 1 is 0.432 bits per heavy atom. The highest BCUT2D eigenvalue weighted by Gasteiger charge is 2.29. The fourth-order valence-electron chi connectivity index (χ4n) is 6.64. The van der Waals surface area contributed by atoms with Crippen molar-refractivity contribution in [3.8, 4) is 0 Å². The largest absolute Gasteiger partial charge is 0.493 e. The summed E-state index contributed by atoms with van der Waals surface area (Å²) in [4.78, 5) is 0. The van der Waals surface area contributed by atoms with E-state index in [-0.39, 0.29) is 0 Å². The zero-order chi connectivity index (χ0) is 31.6. The number of hydrogen-bond donors (Lipinski definition) is 0. The molecular formula is C42H64N2. The Morgan fingerprint density at radius 3 is 1.27 bits per heavy atom. The minimum atomic E-state index is 0.955. The molecule has 0 radical (unpaired) electrons. The molecule has 242 valence electrons. The van der Waals surface area contributed by atoms with Crippen molar-refractivity contribution in [3.05, 3.63) is 87.0 Å². The van der Waals surface area contributed by atoms with Gasteiger partial charge in [0.2, 0.25) is 11.4 Å². The van der Waals surface area contributed by atoms with E-state index in [1.165, 1.54) is 129 Å². The van der Waals surface area contributed by atoms with E-state index in [0.717, 1.165) is 56.3 Å². The predicted octanol–water partition coefficient (Wildman–Crippen LogP) is 13.4. The van der Waals surface area contributed by atoms with Gasteiger partial charge in [-0.25, -0.2) is 4.70 Å². The highest BCUT2D eigenvalue weighted by Crippen LogP contribution is 2.39. The van der Waals surface area contributed by atoms with Crippen LogP contribution in [0, 0.1) is 0 Å². The Balaban J connectivity index is 1.95. The predicted molar refractivity (Wildman–Crippen MR) is 193 cm³/mol. The van der Waals surface area contributed by atoms with Crippen molar-refractivity contribution in [2.75, 3.05) is 0 Å². The molecule has 44 heavy (non-hydrogen) atoms. The summed E-state index contributed by atoms with van der Waals surface area (Å²) in [6.07, 6.45) is 27.9. The van der Waals surface area contributed by atoms with Crippen molar-refractivity contribution >= 4 is 11.4 Å². The first-order chi connectivity index (χ1) is 21.5. The van der Waals surface area contributed by atoms with E-state index >= 15 is 0 Å². The second-order valence-corrected chi connectivity index (χ2v) is 13.4. The fraction of sp³-hybridized carbons (Fsp3) is 0.619. The van der Waals surface area contributed by atoms with Crippen LogP contribution in [0.15, 0.2) is 48.0 Å². The maximum atomic E-state index is 12.0. The van der Waals surface area contributed by atoms with Gasteiger partial charge in [-0.05, 0) is 111 Å². The highest BCUT2D eigenvalue weighted by atomic mass is 15.2. The molecule has 2 aromatic rings. The maximum absolute atomic E-state index is 12.0. The third-order valence-corrected chi connectivity index (χ3v) is 9.31. The summed E-state index contributed by atoms with van der Waals surface area (Å²) in [6, 6.07) is 14.4. The lowest BCUT2D eigenvalue weighted by atomic mass is 9.95. The van der Waals surface area contributed by atoms with E-state index in [0.29, 0.717) is 0 Å². The summed E-state index contributed by atoms with van der Waals surface area (Å²) >= 11 is 0. The Hall–Kier alpha value is -2.48. The van der Waals surface area contributed by atoms with Gasteiger partial charge in [0.05, 0.1) is 0 Å². The molecular weight excluding hydrogens is 532 g/mol. The first-order valence-corrected chi connectivity index (χ1v) is 18.7. The molecule has 0 bridgehead atoms. The fourth-order valence-corrected chi connectivity index (χ4v) is 6.64. The molecule has 0 N–H and O–H groups in total. The minimum absolute atomic E-state index is 0.955. The third-order valence-electron chi connectivity index (χ3n) is 9.31. The van der Waals surface area contributed by atoms with Gasteiger partial charge in [0, 0.05) is 22.8 Å². The Labute approximate surface area is 271 Å². The topological polar surface area (TPSA) is 25.3 Å². The van der Waals surface area contributed by atoms with E-state index in [1.807, 2.05) is 0 Å². The molecule has 1 aliphatic heterocycles. The van der Waals surface area contributed by atoms with Crippen LogP contribution in [0.2, 0.25) is 0 Å². The van der Waals surface area contributed by atoms with E-state index in [1.54, 1.807) is 4.70 Å². The van der Waals surface area contributed by atoms with Crippen molar-refractivity contribution in [2.24, 2.45) is 0 Å². The molecule has 0 saturated carbocycles. The van der Waals surface area contributed by atoms with Crippen molar-refractivity contribution in [3.63, 3.8) is 0 Å². The molecule has 0 aliphatic carbocycles. The lowest BCUT2D eigenvalue weighted by Crippen LogP contribution is -2.05. The van der Waals surface area contributed by atoms with E-state index < -0.39 is 0 Å².